The molecule has 0 heterocycles. The van der Waals surface area contributed by atoms with Crippen LogP contribution in [-0.2, 0) is 12.0 Å². The van der Waals surface area contributed by atoms with E-state index in [-0.39, 0.29) is 5.41 Å². The van der Waals surface area contributed by atoms with Gasteiger partial charge in [0.05, 0.1) is 11.6 Å². The van der Waals surface area contributed by atoms with E-state index in [1.54, 1.807) is 7.11 Å². The Balaban J connectivity index is 2.01. The lowest BCUT2D eigenvalue weighted by molar-refractivity contribution is 0.412. The molecule has 2 aromatic rings. The highest BCUT2D eigenvalue weighted by molar-refractivity contribution is 9.10. The minimum Gasteiger partial charge on any atom is -0.496 e. The lowest BCUT2D eigenvalue weighted by Gasteiger charge is -2.19. The molecule has 1 N–H and O–H groups in total. The largest absolute Gasteiger partial charge is 0.496 e. The van der Waals surface area contributed by atoms with Crippen molar-refractivity contribution in [3.8, 4) is 5.75 Å². The Morgan fingerprint density at radius 1 is 1.05 bits per heavy atom. The van der Waals surface area contributed by atoms with E-state index in [9.17, 15) is 0 Å². The van der Waals surface area contributed by atoms with Gasteiger partial charge in [0.1, 0.15) is 5.75 Å². The number of methoxy groups -OCH3 is 1. The number of nitrogens with one attached hydrogen (secondary N) is 1. The van der Waals surface area contributed by atoms with Crippen molar-refractivity contribution in [2.45, 2.75) is 32.7 Å². The average Bonchev–Trinajstić information content (AvgIpc) is 2.45. The monoisotopic (exact) mass is 347 g/mol. The second kappa shape index (κ2) is 6.52. The van der Waals surface area contributed by atoms with Gasteiger partial charge in [-0.3, -0.25) is 0 Å². The number of benzene rings is 2. The number of halogens is 1. The zero-order chi connectivity index (χ0) is 15.5. The van der Waals surface area contributed by atoms with Gasteiger partial charge >= 0.3 is 0 Å². The van der Waals surface area contributed by atoms with E-state index in [1.165, 1.54) is 11.1 Å². The molecule has 0 aromatic heterocycles. The van der Waals surface area contributed by atoms with E-state index < -0.39 is 0 Å². The summed E-state index contributed by atoms with van der Waals surface area (Å²) in [4.78, 5) is 0. The Morgan fingerprint density at radius 3 is 2.24 bits per heavy atom. The zero-order valence-electron chi connectivity index (χ0n) is 13.0. The zero-order valence-corrected chi connectivity index (χ0v) is 14.6. The summed E-state index contributed by atoms with van der Waals surface area (Å²) < 4.78 is 6.19. The van der Waals surface area contributed by atoms with Crippen LogP contribution in [0.1, 0.15) is 31.9 Å². The van der Waals surface area contributed by atoms with Crippen LogP contribution in [0.3, 0.4) is 0 Å². The van der Waals surface area contributed by atoms with Crippen LogP contribution >= 0.6 is 15.9 Å². The van der Waals surface area contributed by atoms with Crippen molar-refractivity contribution >= 4 is 21.6 Å². The maximum Gasteiger partial charge on any atom is 0.133 e. The highest BCUT2D eigenvalue weighted by Crippen LogP contribution is 2.28. The van der Waals surface area contributed by atoms with Crippen molar-refractivity contribution in [2.24, 2.45) is 0 Å². The Morgan fingerprint density at radius 2 is 1.71 bits per heavy atom. The summed E-state index contributed by atoms with van der Waals surface area (Å²) in [6.07, 6.45) is 0. The molecule has 2 aromatic carbocycles. The van der Waals surface area contributed by atoms with Crippen molar-refractivity contribution in [2.75, 3.05) is 12.4 Å². The van der Waals surface area contributed by atoms with Crippen LogP contribution in [0.15, 0.2) is 46.9 Å². The summed E-state index contributed by atoms with van der Waals surface area (Å²) in [5.41, 5.74) is 3.91. The first-order chi connectivity index (χ1) is 9.90. The fourth-order valence-electron chi connectivity index (χ4n) is 2.10. The number of hydrogen-bond acceptors (Lipinski definition) is 2. The summed E-state index contributed by atoms with van der Waals surface area (Å²) >= 11 is 3.50. The van der Waals surface area contributed by atoms with Crippen LogP contribution in [-0.4, -0.2) is 7.11 Å². The van der Waals surface area contributed by atoms with Gasteiger partial charge in [-0.2, -0.15) is 0 Å². The molecule has 0 aliphatic rings. The molecule has 0 fully saturated rings. The lowest BCUT2D eigenvalue weighted by Crippen LogP contribution is -2.11. The van der Waals surface area contributed by atoms with Gasteiger partial charge < -0.3 is 10.1 Å². The van der Waals surface area contributed by atoms with Gasteiger partial charge in [0.25, 0.3) is 0 Å². The Labute approximate surface area is 135 Å². The summed E-state index contributed by atoms with van der Waals surface area (Å²) in [6, 6.07) is 14.8. The molecular formula is C18H22BrNO. The smallest absolute Gasteiger partial charge is 0.133 e. The standard InChI is InChI=1S/C18H22BrNO/c1-18(2,3)14-7-5-13(6-8-14)12-20-15-9-10-17(21-4)16(19)11-15/h5-11,20H,12H2,1-4H3. The van der Waals surface area contributed by atoms with Gasteiger partial charge in [0, 0.05) is 12.2 Å². The quantitative estimate of drug-likeness (QED) is 0.802. The van der Waals surface area contributed by atoms with Gasteiger partial charge in [-0.1, -0.05) is 45.0 Å². The van der Waals surface area contributed by atoms with E-state index in [2.05, 4.69) is 66.3 Å². The molecule has 0 saturated heterocycles. The normalized spacial score (nSPS) is 11.3. The average molecular weight is 348 g/mol. The summed E-state index contributed by atoms with van der Waals surface area (Å²) in [5, 5.41) is 3.43. The van der Waals surface area contributed by atoms with E-state index in [1.807, 2.05) is 18.2 Å². The topological polar surface area (TPSA) is 21.3 Å². The highest BCUT2D eigenvalue weighted by atomic mass is 79.9. The molecule has 0 saturated carbocycles. The van der Waals surface area contributed by atoms with Crippen molar-refractivity contribution in [1.29, 1.82) is 0 Å². The second-order valence-electron chi connectivity index (χ2n) is 6.15. The van der Waals surface area contributed by atoms with Gasteiger partial charge in [0.15, 0.2) is 0 Å². The summed E-state index contributed by atoms with van der Waals surface area (Å²) in [6.45, 7) is 7.50. The first kappa shape index (κ1) is 15.9. The van der Waals surface area contributed by atoms with Gasteiger partial charge in [-0.25, -0.2) is 0 Å². The molecule has 0 bridgehead atoms. The minimum atomic E-state index is 0.201. The molecule has 0 atom stereocenters. The third-order valence-corrected chi connectivity index (χ3v) is 4.09. The van der Waals surface area contributed by atoms with Gasteiger partial charge in [0.2, 0.25) is 0 Å². The lowest BCUT2D eigenvalue weighted by atomic mass is 9.87. The first-order valence-corrected chi connectivity index (χ1v) is 7.86. The fourth-order valence-corrected chi connectivity index (χ4v) is 2.64. The molecule has 0 aliphatic carbocycles. The Kier molecular flexibility index (Phi) is 4.94. The molecule has 21 heavy (non-hydrogen) atoms. The predicted octanol–water partition coefficient (Wildman–Crippen LogP) is 5.37. The van der Waals surface area contributed by atoms with E-state index >= 15 is 0 Å². The van der Waals surface area contributed by atoms with Crippen LogP contribution in [0, 0.1) is 0 Å². The van der Waals surface area contributed by atoms with Crippen molar-refractivity contribution in [1.82, 2.24) is 0 Å². The van der Waals surface area contributed by atoms with Gasteiger partial charge in [-0.15, -0.1) is 0 Å². The molecule has 3 heteroatoms. The Bertz CT molecular complexity index is 600. The molecule has 0 spiro atoms. The van der Waals surface area contributed by atoms with E-state index in [0.717, 1.165) is 22.5 Å². The van der Waals surface area contributed by atoms with E-state index in [4.69, 9.17) is 4.74 Å². The van der Waals surface area contributed by atoms with Crippen LogP contribution in [0.4, 0.5) is 5.69 Å². The number of hydrogen-bond donors (Lipinski definition) is 1. The molecule has 0 amide bonds. The predicted molar refractivity (Wildman–Crippen MR) is 93.2 cm³/mol. The van der Waals surface area contributed by atoms with Crippen molar-refractivity contribution in [3.05, 3.63) is 58.1 Å². The number of rotatable bonds is 4. The van der Waals surface area contributed by atoms with Crippen LogP contribution in [0.5, 0.6) is 5.75 Å². The van der Waals surface area contributed by atoms with E-state index in [0.29, 0.717) is 0 Å². The Hall–Kier alpha value is -1.48. The number of anilines is 1. The second-order valence-corrected chi connectivity index (χ2v) is 7.00. The van der Waals surface area contributed by atoms with Crippen LogP contribution in [0.2, 0.25) is 0 Å². The van der Waals surface area contributed by atoms with Crippen LogP contribution in [0.25, 0.3) is 0 Å². The molecule has 2 rings (SSSR count). The summed E-state index contributed by atoms with van der Waals surface area (Å²) in [5.74, 6) is 0.843. The minimum absolute atomic E-state index is 0.201. The molecule has 0 unspecified atom stereocenters. The third-order valence-electron chi connectivity index (χ3n) is 3.47. The molecule has 112 valence electrons. The highest BCUT2D eigenvalue weighted by Gasteiger charge is 2.12. The fraction of sp³-hybridized carbons (Fsp3) is 0.333. The van der Waals surface area contributed by atoms with Crippen LogP contribution < -0.4 is 10.1 Å². The maximum absolute atomic E-state index is 5.23. The molecule has 2 nitrogen and oxygen atoms in total. The molecule has 0 radical (unpaired) electrons. The van der Waals surface area contributed by atoms with Crippen molar-refractivity contribution < 1.29 is 4.74 Å². The number of ether oxygens (including phenoxy) is 1. The van der Waals surface area contributed by atoms with Crippen molar-refractivity contribution in [3.63, 3.8) is 0 Å². The third kappa shape index (κ3) is 4.24. The first-order valence-electron chi connectivity index (χ1n) is 7.07. The SMILES string of the molecule is COc1ccc(NCc2ccc(C(C)(C)C)cc2)cc1Br. The molecular weight excluding hydrogens is 326 g/mol. The molecule has 0 aliphatic heterocycles. The van der Waals surface area contributed by atoms with Gasteiger partial charge in [-0.05, 0) is 50.7 Å². The maximum atomic E-state index is 5.23. The summed E-state index contributed by atoms with van der Waals surface area (Å²) in [7, 11) is 1.67.